The van der Waals surface area contributed by atoms with Gasteiger partial charge < -0.3 is 15.0 Å². The molecule has 0 aromatic rings. The number of rotatable bonds is 10. The van der Waals surface area contributed by atoms with Crippen LogP contribution in [-0.2, 0) is 4.74 Å². The zero-order valence-electron chi connectivity index (χ0n) is 10.9. The summed E-state index contributed by atoms with van der Waals surface area (Å²) in [6.07, 6.45) is 4.05. The topological polar surface area (TPSA) is 24.5 Å². The van der Waals surface area contributed by atoms with E-state index in [1.54, 1.807) is 0 Å². The lowest BCUT2D eigenvalue weighted by Crippen LogP contribution is -2.23. The number of ether oxygens (including phenoxy) is 1. The molecular formula is C12H28N2O. The van der Waals surface area contributed by atoms with Crippen molar-refractivity contribution in [3.8, 4) is 0 Å². The van der Waals surface area contributed by atoms with E-state index in [1.165, 1.54) is 19.4 Å². The zero-order valence-corrected chi connectivity index (χ0v) is 10.9. The average molecular weight is 216 g/mol. The summed E-state index contributed by atoms with van der Waals surface area (Å²) in [5, 5.41) is 3.17. The standard InChI is InChI=1S/C12H28N2O/c1-12(2)15-11-7-10-14(4)9-6-5-8-13-3/h12-13H,5-11H2,1-4H3. The van der Waals surface area contributed by atoms with Gasteiger partial charge in [-0.15, -0.1) is 0 Å². The summed E-state index contributed by atoms with van der Waals surface area (Å²) in [6.45, 7) is 8.53. The molecule has 0 atom stereocenters. The largest absolute Gasteiger partial charge is 0.379 e. The third-order valence-corrected chi connectivity index (χ3v) is 2.35. The van der Waals surface area contributed by atoms with Crippen LogP contribution in [0, 0.1) is 0 Å². The monoisotopic (exact) mass is 216 g/mol. The Morgan fingerprint density at radius 3 is 2.40 bits per heavy atom. The summed E-state index contributed by atoms with van der Waals surface area (Å²) < 4.78 is 5.50. The van der Waals surface area contributed by atoms with Crippen LogP contribution in [0.2, 0.25) is 0 Å². The van der Waals surface area contributed by atoms with Crippen LogP contribution in [0.15, 0.2) is 0 Å². The quantitative estimate of drug-likeness (QED) is 0.563. The van der Waals surface area contributed by atoms with Gasteiger partial charge in [-0.25, -0.2) is 0 Å². The molecule has 0 aliphatic rings. The molecule has 0 heterocycles. The number of hydrogen-bond donors (Lipinski definition) is 1. The van der Waals surface area contributed by atoms with Crippen LogP contribution in [0.1, 0.15) is 33.1 Å². The summed E-state index contributed by atoms with van der Waals surface area (Å²) in [5.74, 6) is 0. The molecule has 15 heavy (non-hydrogen) atoms. The fraction of sp³-hybridized carbons (Fsp3) is 1.00. The van der Waals surface area contributed by atoms with Crippen LogP contribution in [0.4, 0.5) is 0 Å². The average Bonchev–Trinajstić information content (AvgIpc) is 2.19. The maximum atomic E-state index is 5.50. The fourth-order valence-electron chi connectivity index (χ4n) is 1.45. The molecule has 0 rings (SSSR count). The number of hydrogen-bond acceptors (Lipinski definition) is 3. The van der Waals surface area contributed by atoms with E-state index in [1.807, 2.05) is 7.05 Å². The first-order chi connectivity index (χ1) is 7.16. The van der Waals surface area contributed by atoms with Crippen LogP contribution in [0.25, 0.3) is 0 Å². The van der Waals surface area contributed by atoms with E-state index < -0.39 is 0 Å². The van der Waals surface area contributed by atoms with Crippen LogP contribution in [0.3, 0.4) is 0 Å². The van der Waals surface area contributed by atoms with Gasteiger partial charge in [0.05, 0.1) is 6.10 Å². The number of unbranched alkanes of at least 4 members (excludes halogenated alkanes) is 1. The minimum atomic E-state index is 0.367. The molecule has 0 aromatic heterocycles. The van der Waals surface area contributed by atoms with Crippen molar-refractivity contribution in [3.05, 3.63) is 0 Å². The van der Waals surface area contributed by atoms with Crippen LogP contribution >= 0.6 is 0 Å². The lowest BCUT2D eigenvalue weighted by Gasteiger charge is -2.16. The van der Waals surface area contributed by atoms with Crippen LogP contribution < -0.4 is 5.32 Å². The highest BCUT2D eigenvalue weighted by Gasteiger charge is 1.98. The molecule has 0 radical (unpaired) electrons. The van der Waals surface area contributed by atoms with E-state index >= 15 is 0 Å². The Kier molecular flexibility index (Phi) is 10.3. The van der Waals surface area contributed by atoms with Crippen molar-refractivity contribution in [1.29, 1.82) is 0 Å². The molecule has 0 spiro atoms. The van der Waals surface area contributed by atoms with E-state index in [9.17, 15) is 0 Å². The molecule has 0 bridgehead atoms. The Morgan fingerprint density at radius 2 is 1.80 bits per heavy atom. The van der Waals surface area contributed by atoms with E-state index in [-0.39, 0.29) is 0 Å². The Morgan fingerprint density at radius 1 is 1.13 bits per heavy atom. The van der Waals surface area contributed by atoms with Gasteiger partial charge in [0.2, 0.25) is 0 Å². The first-order valence-electron chi connectivity index (χ1n) is 6.11. The second kappa shape index (κ2) is 10.4. The summed E-state index contributed by atoms with van der Waals surface area (Å²) in [5.41, 5.74) is 0. The van der Waals surface area contributed by atoms with Gasteiger partial charge in [0, 0.05) is 13.2 Å². The van der Waals surface area contributed by atoms with Crippen molar-refractivity contribution in [1.82, 2.24) is 10.2 Å². The minimum absolute atomic E-state index is 0.367. The third kappa shape index (κ3) is 11.8. The van der Waals surface area contributed by atoms with Gasteiger partial charge in [0.15, 0.2) is 0 Å². The predicted octanol–water partition coefficient (Wildman–Crippen LogP) is 1.73. The summed E-state index contributed by atoms with van der Waals surface area (Å²) >= 11 is 0. The highest BCUT2D eigenvalue weighted by Crippen LogP contribution is 1.95. The molecule has 0 amide bonds. The van der Waals surface area contributed by atoms with Crippen molar-refractivity contribution in [2.24, 2.45) is 0 Å². The second-order valence-electron chi connectivity index (χ2n) is 4.39. The highest BCUT2D eigenvalue weighted by atomic mass is 16.5. The van der Waals surface area contributed by atoms with Crippen LogP contribution in [0.5, 0.6) is 0 Å². The van der Waals surface area contributed by atoms with E-state index in [0.717, 1.165) is 26.1 Å². The third-order valence-electron chi connectivity index (χ3n) is 2.35. The van der Waals surface area contributed by atoms with Crippen molar-refractivity contribution >= 4 is 0 Å². The molecule has 0 unspecified atom stereocenters. The number of nitrogens with one attached hydrogen (secondary N) is 1. The Balaban J connectivity index is 3.15. The smallest absolute Gasteiger partial charge is 0.0518 e. The maximum Gasteiger partial charge on any atom is 0.0518 e. The lowest BCUT2D eigenvalue weighted by molar-refractivity contribution is 0.0720. The fourth-order valence-corrected chi connectivity index (χ4v) is 1.45. The molecule has 0 aromatic carbocycles. The van der Waals surface area contributed by atoms with Crippen molar-refractivity contribution in [2.45, 2.75) is 39.2 Å². The predicted molar refractivity (Wildman–Crippen MR) is 66.4 cm³/mol. The molecule has 0 saturated carbocycles. The Hall–Kier alpha value is -0.120. The van der Waals surface area contributed by atoms with E-state index in [4.69, 9.17) is 4.74 Å². The molecule has 3 nitrogen and oxygen atoms in total. The van der Waals surface area contributed by atoms with E-state index in [0.29, 0.717) is 6.10 Å². The molecule has 3 heteroatoms. The van der Waals surface area contributed by atoms with Crippen molar-refractivity contribution < 1.29 is 4.74 Å². The minimum Gasteiger partial charge on any atom is -0.379 e. The highest BCUT2D eigenvalue weighted by molar-refractivity contribution is 4.53. The Labute approximate surface area is 95.2 Å². The van der Waals surface area contributed by atoms with Gasteiger partial charge in [-0.2, -0.15) is 0 Å². The molecule has 0 fully saturated rings. The zero-order chi connectivity index (χ0) is 11.5. The van der Waals surface area contributed by atoms with Gasteiger partial charge in [0.1, 0.15) is 0 Å². The molecule has 0 saturated heterocycles. The van der Waals surface area contributed by atoms with Gasteiger partial charge in [-0.05, 0) is 60.3 Å². The number of nitrogens with zero attached hydrogens (tertiary/aromatic N) is 1. The van der Waals surface area contributed by atoms with Crippen molar-refractivity contribution in [3.63, 3.8) is 0 Å². The van der Waals surface area contributed by atoms with Gasteiger partial charge >= 0.3 is 0 Å². The van der Waals surface area contributed by atoms with Gasteiger partial charge in [-0.1, -0.05) is 0 Å². The van der Waals surface area contributed by atoms with Gasteiger partial charge in [0.25, 0.3) is 0 Å². The van der Waals surface area contributed by atoms with E-state index in [2.05, 4.69) is 31.1 Å². The summed E-state index contributed by atoms with van der Waals surface area (Å²) in [7, 11) is 4.20. The SMILES string of the molecule is CNCCCCN(C)CCCOC(C)C. The molecule has 1 N–H and O–H groups in total. The molecule has 0 aliphatic heterocycles. The second-order valence-corrected chi connectivity index (χ2v) is 4.39. The first-order valence-corrected chi connectivity index (χ1v) is 6.11. The molecule has 92 valence electrons. The normalized spacial score (nSPS) is 11.6. The molecule has 0 aliphatic carbocycles. The molecular weight excluding hydrogens is 188 g/mol. The lowest BCUT2D eigenvalue weighted by atomic mass is 10.3. The van der Waals surface area contributed by atoms with Crippen molar-refractivity contribution in [2.75, 3.05) is 40.3 Å². The van der Waals surface area contributed by atoms with Gasteiger partial charge in [-0.3, -0.25) is 0 Å². The summed E-state index contributed by atoms with van der Waals surface area (Å²) in [6, 6.07) is 0. The summed E-state index contributed by atoms with van der Waals surface area (Å²) in [4.78, 5) is 2.39. The van der Waals surface area contributed by atoms with Crippen LogP contribution in [-0.4, -0.2) is 51.3 Å². The first kappa shape index (κ1) is 14.9. The Bertz CT molecular complexity index is 129. The maximum absolute atomic E-state index is 5.50.